The lowest BCUT2D eigenvalue weighted by atomic mass is 9.85. The Labute approximate surface area is 218 Å². The molecule has 2 aromatic rings. The summed E-state index contributed by atoms with van der Waals surface area (Å²) in [7, 11) is 1.54. The molecule has 2 aliphatic heterocycles. The molecule has 2 aromatic carbocycles. The van der Waals surface area contributed by atoms with Crippen LogP contribution < -0.4 is 15.5 Å². The van der Waals surface area contributed by atoms with Crippen LogP contribution >= 0.6 is 0 Å². The largest absolute Gasteiger partial charge is 0.416 e. The van der Waals surface area contributed by atoms with E-state index in [2.05, 4.69) is 10.6 Å². The molecule has 1 spiro atoms. The van der Waals surface area contributed by atoms with Crippen molar-refractivity contribution >= 4 is 29.2 Å². The number of nitrogens with one attached hydrogen (secondary N) is 2. The molecular formula is C26H30F3N5O4. The molecule has 204 valence electrons. The number of anilines is 2. The van der Waals surface area contributed by atoms with Gasteiger partial charge in [-0.2, -0.15) is 13.2 Å². The highest BCUT2D eigenvalue weighted by atomic mass is 19.4. The van der Waals surface area contributed by atoms with Crippen LogP contribution in [0.4, 0.5) is 29.3 Å². The van der Waals surface area contributed by atoms with Crippen LogP contribution in [0.2, 0.25) is 0 Å². The summed E-state index contributed by atoms with van der Waals surface area (Å²) >= 11 is 0. The zero-order valence-electron chi connectivity index (χ0n) is 21.0. The van der Waals surface area contributed by atoms with Gasteiger partial charge in [-0.15, -0.1) is 0 Å². The smallest absolute Gasteiger partial charge is 0.383 e. The molecule has 2 fully saturated rings. The molecule has 12 heteroatoms. The molecule has 2 saturated heterocycles. The first-order valence-electron chi connectivity index (χ1n) is 12.2. The predicted octanol–water partition coefficient (Wildman–Crippen LogP) is 3.14. The van der Waals surface area contributed by atoms with Crippen LogP contribution in [0.25, 0.3) is 0 Å². The van der Waals surface area contributed by atoms with Crippen molar-refractivity contribution in [2.24, 2.45) is 0 Å². The van der Waals surface area contributed by atoms with E-state index >= 15 is 0 Å². The summed E-state index contributed by atoms with van der Waals surface area (Å²) in [6, 6.07) is 13.2. The van der Waals surface area contributed by atoms with E-state index in [1.165, 1.54) is 24.1 Å². The molecule has 4 amide bonds. The Hall–Kier alpha value is -3.80. The topological polar surface area (TPSA) is 94.2 Å². The second kappa shape index (κ2) is 11.3. The average Bonchev–Trinajstić information content (AvgIpc) is 3.15. The number of hydrogen-bond donors (Lipinski definition) is 2. The molecule has 0 bridgehead atoms. The Balaban J connectivity index is 1.44. The molecule has 2 heterocycles. The number of para-hydroxylation sites is 1. The van der Waals surface area contributed by atoms with Gasteiger partial charge in [-0.3, -0.25) is 9.59 Å². The van der Waals surface area contributed by atoms with Crippen molar-refractivity contribution < 1.29 is 32.3 Å². The molecule has 2 N–H and O–H groups in total. The molecule has 2 aliphatic rings. The van der Waals surface area contributed by atoms with Gasteiger partial charge in [-0.25, -0.2) is 4.79 Å². The fourth-order valence-corrected chi connectivity index (χ4v) is 4.87. The zero-order chi connectivity index (χ0) is 27.3. The van der Waals surface area contributed by atoms with Crippen molar-refractivity contribution in [3.05, 3.63) is 60.2 Å². The minimum atomic E-state index is -4.46. The number of amides is 4. The maximum Gasteiger partial charge on any atom is 0.416 e. The average molecular weight is 534 g/mol. The highest BCUT2D eigenvalue weighted by Crippen LogP contribution is 2.39. The van der Waals surface area contributed by atoms with Crippen molar-refractivity contribution in [3.8, 4) is 0 Å². The predicted molar refractivity (Wildman–Crippen MR) is 134 cm³/mol. The van der Waals surface area contributed by atoms with E-state index in [0.29, 0.717) is 26.0 Å². The van der Waals surface area contributed by atoms with Gasteiger partial charge in [0.15, 0.2) is 0 Å². The standard InChI is InChI=1S/C26H30F3N5O4/c1-38-16-13-30-22(35)17-33-18-34(21-5-3-2-4-6-21)25(23(33)36)11-14-32(15-12-25)24(37)31-20-9-7-19(8-10-20)26(27,28)29/h2-10H,11-18H2,1H3,(H,30,35)(H,31,37). The van der Waals surface area contributed by atoms with Gasteiger partial charge in [0, 0.05) is 38.1 Å². The summed E-state index contributed by atoms with van der Waals surface area (Å²) in [5.74, 6) is -0.458. The summed E-state index contributed by atoms with van der Waals surface area (Å²) in [6.45, 7) is 1.37. The van der Waals surface area contributed by atoms with Crippen LogP contribution in [0, 0.1) is 0 Å². The number of ether oxygens (including phenoxy) is 1. The number of urea groups is 1. The second-order valence-corrected chi connectivity index (χ2v) is 9.27. The molecule has 9 nitrogen and oxygen atoms in total. The van der Waals surface area contributed by atoms with Gasteiger partial charge in [0.25, 0.3) is 5.91 Å². The number of hydrogen-bond acceptors (Lipinski definition) is 5. The SMILES string of the molecule is COCCNC(=O)CN1CN(c2ccccc2)C2(CCN(C(=O)Nc3ccc(C(F)(F)F)cc3)CC2)C1=O. The lowest BCUT2D eigenvalue weighted by Gasteiger charge is -2.43. The van der Waals surface area contributed by atoms with E-state index in [4.69, 9.17) is 4.74 Å². The first kappa shape index (κ1) is 27.2. The van der Waals surface area contributed by atoms with Crippen molar-refractivity contribution in [1.29, 1.82) is 0 Å². The number of benzene rings is 2. The van der Waals surface area contributed by atoms with E-state index in [9.17, 15) is 27.6 Å². The highest BCUT2D eigenvalue weighted by Gasteiger charge is 2.54. The Bertz CT molecular complexity index is 1140. The molecule has 0 saturated carbocycles. The van der Waals surface area contributed by atoms with Crippen LogP contribution in [-0.2, 0) is 20.5 Å². The fourth-order valence-electron chi connectivity index (χ4n) is 4.87. The molecule has 0 unspecified atom stereocenters. The number of halogens is 3. The number of rotatable bonds is 7. The molecule has 38 heavy (non-hydrogen) atoms. The van der Waals surface area contributed by atoms with E-state index < -0.39 is 23.3 Å². The lowest BCUT2D eigenvalue weighted by Crippen LogP contribution is -2.58. The third-order valence-electron chi connectivity index (χ3n) is 6.89. The van der Waals surface area contributed by atoms with Crippen LogP contribution in [0.1, 0.15) is 18.4 Å². The van der Waals surface area contributed by atoms with Gasteiger partial charge in [0.05, 0.1) is 18.8 Å². The van der Waals surface area contributed by atoms with E-state index in [-0.39, 0.29) is 43.8 Å². The number of methoxy groups -OCH3 is 1. The molecule has 0 atom stereocenters. The minimum absolute atomic E-state index is 0.0915. The number of piperidine rings is 1. The number of alkyl halides is 3. The van der Waals surface area contributed by atoms with E-state index in [1.807, 2.05) is 35.2 Å². The summed E-state index contributed by atoms with van der Waals surface area (Å²) in [6.07, 6.45) is -3.79. The molecular weight excluding hydrogens is 503 g/mol. The minimum Gasteiger partial charge on any atom is -0.383 e. The maximum atomic E-state index is 13.7. The monoisotopic (exact) mass is 533 g/mol. The van der Waals surface area contributed by atoms with Crippen molar-refractivity contribution in [2.45, 2.75) is 24.6 Å². The third-order valence-corrected chi connectivity index (χ3v) is 6.89. The highest BCUT2D eigenvalue weighted by molar-refractivity contribution is 5.97. The number of carbonyl (C=O) groups excluding carboxylic acids is 3. The molecule has 0 aromatic heterocycles. The normalized spacial score (nSPS) is 17.2. The maximum absolute atomic E-state index is 13.7. The van der Waals surface area contributed by atoms with Gasteiger partial charge in [0.1, 0.15) is 12.1 Å². The zero-order valence-corrected chi connectivity index (χ0v) is 21.0. The number of likely N-dealkylation sites (tertiary alicyclic amines) is 1. The van der Waals surface area contributed by atoms with Gasteiger partial charge in [-0.1, -0.05) is 18.2 Å². The lowest BCUT2D eigenvalue weighted by molar-refractivity contribution is -0.137. The summed E-state index contributed by atoms with van der Waals surface area (Å²) in [4.78, 5) is 44.0. The quantitative estimate of drug-likeness (QED) is 0.534. The van der Waals surface area contributed by atoms with Gasteiger partial charge < -0.3 is 30.1 Å². The first-order valence-corrected chi connectivity index (χ1v) is 12.2. The summed E-state index contributed by atoms with van der Waals surface area (Å²) in [5.41, 5.74) is -0.630. The van der Waals surface area contributed by atoms with Crippen LogP contribution in [0.3, 0.4) is 0 Å². The Kier molecular flexibility index (Phi) is 8.10. The Morgan fingerprint density at radius 1 is 1.03 bits per heavy atom. The van der Waals surface area contributed by atoms with Crippen molar-refractivity contribution in [1.82, 2.24) is 15.1 Å². The van der Waals surface area contributed by atoms with Crippen LogP contribution in [-0.4, -0.2) is 79.7 Å². The third kappa shape index (κ3) is 5.85. The van der Waals surface area contributed by atoms with Gasteiger partial charge >= 0.3 is 12.2 Å². The fraction of sp³-hybridized carbons (Fsp3) is 0.423. The Morgan fingerprint density at radius 3 is 2.29 bits per heavy atom. The number of nitrogens with zero attached hydrogens (tertiary/aromatic N) is 3. The van der Waals surface area contributed by atoms with Crippen molar-refractivity contribution in [3.63, 3.8) is 0 Å². The van der Waals surface area contributed by atoms with Crippen molar-refractivity contribution in [2.75, 3.05) is 56.8 Å². The van der Waals surface area contributed by atoms with E-state index in [0.717, 1.165) is 17.8 Å². The first-order chi connectivity index (χ1) is 18.1. The van der Waals surface area contributed by atoms with Gasteiger partial charge in [0.2, 0.25) is 5.91 Å². The Morgan fingerprint density at radius 2 is 1.68 bits per heavy atom. The second-order valence-electron chi connectivity index (χ2n) is 9.27. The number of carbonyl (C=O) groups is 3. The van der Waals surface area contributed by atoms with E-state index in [1.54, 1.807) is 4.90 Å². The van der Waals surface area contributed by atoms with Crippen LogP contribution in [0.5, 0.6) is 0 Å². The summed E-state index contributed by atoms with van der Waals surface area (Å²) in [5, 5.41) is 5.36. The molecule has 4 rings (SSSR count). The molecule has 0 aliphatic carbocycles. The summed E-state index contributed by atoms with van der Waals surface area (Å²) < 4.78 is 43.4. The molecule has 0 radical (unpaired) electrons. The van der Waals surface area contributed by atoms with Crippen LogP contribution in [0.15, 0.2) is 54.6 Å². The van der Waals surface area contributed by atoms with Gasteiger partial charge in [-0.05, 0) is 49.2 Å².